The number of hydrogen-bond donors (Lipinski definition) is 1. The van der Waals surface area contributed by atoms with Crippen molar-refractivity contribution < 1.29 is 0 Å². The molecule has 1 aliphatic rings. The van der Waals surface area contributed by atoms with Crippen LogP contribution in [-0.4, -0.2) is 13.1 Å². The van der Waals surface area contributed by atoms with Crippen molar-refractivity contribution in [3.8, 4) is 0 Å². The van der Waals surface area contributed by atoms with Crippen LogP contribution in [0.5, 0.6) is 0 Å². The van der Waals surface area contributed by atoms with E-state index in [1.54, 1.807) is 0 Å². The van der Waals surface area contributed by atoms with Crippen LogP contribution in [0.25, 0.3) is 0 Å². The minimum atomic E-state index is 0.754. The third-order valence-electron chi connectivity index (χ3n) is 3.84. The monoisotopic (exact) mass is 217 g/mol. The van der Waals surface area contributed by atoms with Crippen molar-refractivity contribution in [3.63, 3.8) is 0 Å². The van der Waals surface area contributed by atoms with Crippen LogP contribution >= 0.6 is 0 Å². The zero-order valence-electron chi connectivity index (χ0n) is 10.5. The average Bonchev–Trinajstić information content (AvgIpc) is 2.32. The highest BCUT2D eigenvalue weighted by atomic mass is 14.9. The van der Waals surface area contributed by atoms with Gasteiger partial charge in [-0.2, -0.15) is 0 Å². The molecule has 0 bridgehead atoms. The summed E-state index contributed by atoms with van der Waals surface area (Å²) in [6, 6.07) is 9.79. The first-order valence-corrected chi connectivity index (χ1v) is 6.50. The molecular formula is C15H23N. The molecule has 0 aliphatic heterocycles. The molecule has 1 aromatic rings. The number of aryl methyl sites for hydroxylation is 1. The molecule has 1 fully saturated rings. The van der Waals surface area contributed by atoms with Crippen LogP contribution in [0.2, 0.25) is 0 Å². The van der Waals surface area contributed by atoms with Crippen LogP contribution in [0.15, 0.2) is 24.3 Å². The second-order valence-electron chi connectivity index (χ2n) is 5.21. The zero-order chi connectivity index (χ0) is 11.4. The maximum Gasteiger partial charge on any atom is 0.00668 e. The first-order chi connectivity index (χ1) is 7.78. The Balaban J connectivity index is 1.91. The summed E-state index contributed by atoms with van der Waals surface area (Å²) in [6.45, 7) is 2.15. The van der Waals surface area contributed by atoms with Gasteiger partial charge in [0.05, 0.1) is 0 Å². The van der Waals surface area contributed by atoms with E-state index in [4.69, 9.17) is 0 Å². The van der Waals surface area contributed by atoms with Gasteiger partial charge < -0.3 is 5.32 Å². The van der Waals surface area contributed by atoms with Crippen molar-refractivity contribution in [1.82, 2.24) is 5.32 Å². The maximum atomic E-state index is 3.43. The quantitative estimate of drug-likeness (QED) is 0.819. The summed E-state index contributed by atoms with van der Waals surface area (Å²) < 4.78 is 0. The van der Waals surface area contributed by atoms with E-state index in [1.165, 1.54) is 43.2 Å². The first kappa shape index (κ1) is 11.7. The molecule has 0 heterocycles. The highest BCUT2D eigenvalue weighted by Crippen LogP contribution is 2.27. The Morgan fingerprint density at radius 3 is 2.62 bits per heavy atom. The van der Waals surface area contributed by atoms with Gasteiger partial charge in [-0.15, -0.1) is 0 Å². The molecule has 1 aliphatic carbocycles. The van der Waals surface area contributed by atoms with E-state index in [9.17, 15) is 0 Å². The lowest BCUT2D eigenvalue weighted by molar-refractivity contribution is 0.294. The van der Waals surface area contributed by atoms with E-state index < -0.39 is 0 Å². The predicted molar refractivity (Wildman–Crippen MR) is 69.7 cm³/mol. The van der Waals surface area contributed by atoms with Crippen molar-refractivity contribution in [2.24, 2.45) is 5.92 Å². The van der Waals surface area contributed by atoms with Gasteiger partial charge in [-0.1, -0.05) is 42.7 Å². The van der Waals surface area contributed by atoms with Gasteiger partial charge in [-0.05, 0) is 44.7 Å². The fourth-order valence-electron chi connectivity index (χ4n) is 2.80. The van der Waals surface area contributed by atoms with E-state index in [1.807, 2.05) is 0 Å². The molecule has 1 nitrogen and oxygen atoms in total. The molecule has 1 aromatic carbocycles. The fourth-order valence-corrected chi connectivity index (χ4v) is 2.80. The van der Waals surface area contributed by atoms with Gasteiger partial charge in [0.15, 0.2) is 0 Å². The number of nitrogens with one attached hydrogen (secondary N) is 1. The van der Waals surface area contributed by atoms with Gasteiger partial charge in [-0.3, -0.25) is 0 Å². The van der Waals surface area contributed by atoms with Gasteiger partial charge in [0.25, 0.3) is 0 Å². The van der Waals surface area contributed by atoms with E-state index in [2.05, 4.69) is 43.6 Å². The van der Waals surface area contributed by atoms with Crippen molar-refractivity contribution in [3.05, 3.63) is 35.4 Å². The first-order valence-electron chi connectivity index (χ1n) is 6.50. The molecule has 2 rings (SSSR count). The van der Waals surface area contributed by atoms with Crippen LogP contribution in [0.1, 0.15) is 36.8 Å². The smallest absolute Gasteiger partial charge is 0.00668 e. The standard InChI is InChI=1S/C15H23N/c1-12-6-8-13(9-7-12)10-14-4-3-5-15(11-14)16-2/h6-9,14-16H,3-5,10-11H2,1-2H3. The lowest BCUT2D eigenvalue weighted by Crippen LogP contribution is -2.31. The molecular weight excluding hydrogens is 194 g/mol. The lowest BCUT2D eigenvalue weighted by Gasteiger charge is -2.29. The van der Waals surface area contributed by atoms with Crippen molar-refractivity contribution in [2.45, 2.75) is 45.1 Å². The van der Waals surface area contributed by atoms with Crippen LogP contribution in [0, 0.1) is 12.8 Å². The van der Waals surface area contributed by atoms with Gasteiger partial charge >= 0.3 is 0 Å². The number of rotatable bonds is 3. The molecule has 1 saturated carbocycles. The Kier molecular flexibility index (Phi) is 4.00. The van der Waals surface area contributed by atoms with Gasteiger partial charge in [0.2, 0.25) is 0 Å². The fraction of sp³-hybridized carbons (Fsp3) is 0.600. The highest BCUT2D eigenvalue weighted by Gasteiger charge is 2.20. The van der Waals surface area contributed by atoms with E-state index in [-0.39, 0.29) is 0 Å². The predicted octanol–water partition coefficient (Wildman–Crippen LogP) is 3.32. The Morgan fingerprint density at radius 1 is 1.19 bits per heavy atom. The van der Waals surface area contributed by atoms with Crippen molar-refractivity contribution >= 4 is 0 Å². The van der Waals surface area contributed by atoms with Gasteiger partial charge in [-0.25, -0.2) is 0 Å². The molecule has 0 amide bonds. The topological polar surface area (TPSA) is 12.0 Å². The third kappa shape index (κ3) is 3.08. The van der Waals surface area contributed by atoms with Gasteiger partial charge in [0.1, 0.15) is 0 Å². The summed E-state index contributed by atoms with van der Waals surface area (Å²) in [4.78, 5) is 0. The third-order valence-corrected chi connectivity index (χ3v) is 3.84. The van der Waals surface area contributed by atoms with Gasteiger partial charge in [0, 0.05) is 6.04 Å². The Labute approximate surface area is 99.3 Å². The number of benzene rings is 1. The summed E-state index contributed by atoms with van der Waals surface area (Å²) in [5, 5.41) is 3.43. The molecule has 2 unspecified atom stereocenters. The normalized spacial score (nSPS) is 25.6. The summed E-state index contributed by atoms with van der Waals surface area (Å²) in [6.07, 6.45) is 6.78. The molecule has 88 valence electrons. The van der Waals surface area contributed by atoms with Crippen LogP contribution in [0.3, 0.4) is 0 Å². The maximum absolute atomic E-state index is 3.43. The van der Waals surface area contributed by atoms with E-state index >= 15 is 0 Å². The van der Waals surface area contributed by atoms with Crippen LogP contribution in [0.4, 0.5) is 0 Å². The highest BCUT2D eigenvalue weighted by molar-refractivity contribution is 5.21. The largest absolute Gasteiger partial charge is 0.317 e. The SMILES string of the molecule is CNC1CCCC(Cc2ccc(C)cc2)C1. The second-order valence-corrected chi connectivity index (χ2v) is 5.21. The average molecular weight is 217 g/mol. The molecule has 0 spiro atoms. The van der Waals surface area contributed by atoms with Crippen LogP contribution < -0.4 is 5.32 Å². The molecule has 1 N–H and O–H groups in total. The van der Waals surface area contributed by atoms with Crippen molar-refractivity contribution in [2.75, 3.05) is 7.05 Å². The number of hydrogen-bond acceptors (Lipinski definition) is 1. The molecule has 0 aromatic heterocycles. The summed E-state index contributed by atoms with van der Waals surface area (Å²) >= 11 is 0. The summed E-state index contributed by atoms with van der Waals surface area (Å²) in [5.41, 5.74) is 2.87. The second kappa shape index (κ2) is 5.49. The van der Waals surface area contributed by atoms with E-state index in [0.29, 0.717) is 0 Å². The van der Waals surface area contributed by atoms with E-state index in [0.717, 1.165) is 12.0 Å². The Hall–Kier alpha value is -0.820. The van der Waals surface area contributed by atoms with Crippen molar-refractivity contribution in [1.29, 1.82) is 0 Å². The minimum absolute atomic E-state index is 0.754. The minimum Gasteiger partial charge on any atom is -0.317 e. The zero-order valence-corrected chi connectivity index (χ0v) is 10.5. The molecule has 16 heavy (non-hydrogen) atoms. The summed E-state index contributed by atoms with van der Waals surface area (Å²) in [7, 11) is 2.10. The Bertz CT molecular complexity index is 315. The van der Waals surface area contributed by atoms with Crippen LogP contribution in [-0.2, 0) is 6.42 Å². The molecule has 1 heteroatoms. The Morgan fingerprint density at radius 2 is 1.94 bits per heavy atom. The molecule has 0 radical (unpaired) electrons. The summed E-state index contributed by atoms with van der Waals surface area (Å²) in [5.74, 6) is 0.883. The molecule has 2 atom stereocenters. The lowest BCUT2D eigenvalue weighted by atomic mass is 9.82. The molecule has 0 saturated heterocycles.